The first kappa shape index (κ1) is 9.38. The Hall–Kier alpha value is -0.620. The van der Waals surface area contributed by atoms with Crippen molar-refractivity contribution in [1.82, 2.24) is 0 Å². The molecule has 0 saturated heterocycles. The van der Waals surface area contributed by atoms with Gasteiger partial charge in [-0.1, -0.05) is 0 Å². The lowest BCUT2D eigenvalue weighted by molar-refractivity contribution is 0.492. The summed E-state index contributed by atoms with van der Waals surface area (Å²) < 4.78 is 54.3. The van der Waals surface area contributed by atoms with E-state index in [1.54, 1.807) is 0 Å². The molecule has 8 heteroatoms. The zero-order chi connectivity index (χ0) is 8.41. The Morgan fingerprint density at radius 2 is 1.00 bits per heavy atom. The molecule has 0 bridgehead atoms. The molecule has 0 aromatic rings. The minimum Gasteiger partial charge on any atom is -0.276 e. The predicted molar refractivity (Wildman–Crippen MR) is 30.9 cm³/mol. The van der Waals surface area contributed by atoms with Crippen LogP contribution in [0.2, 0.25) is 0 Å². The van der Waals surface area contributed by atoms with Gasteiger partial charge in [0.05, 0.1) is 10.5 Å². The van der Waals surface area contributed by atoms with Crippen LogP contribution in [0.3, 0.4) is 0 Å². The van der Waals surface area contributed by atoms with Gasteiger partial charge in [0.2, 0.25) is 0 Å². The van der Waals surface area contributed by atoms with Crippen molar-refractivity contribution in [2.45, 2.75) is 0 Å². The molecule has 0 spiro atoms. The van der Waals surface area contributed by atoms with Crippen LogP contribution in [0, 0.1) is 10.5 Å². The highest BCUT2D eigenvalue weighted by molar-refractivity contribution is 7.94. The van der Waals surface area contributed by atoms with E-state index in [4.69, 9.17) is 9.11 Å². The highest BCUT2D eigenvalue weighted by Gasteiger charge is 1.99. The van der Waals surface area contributed by atoms with Gasteiger partial charge in [0.25, 0.3) is 0 Å². The minimum atomic E-state index is -4.66. The van der Waals surface area contributed by atoms with E-state index in [1.807, 2.05) is 0 Å². The van der Waals surface area contributed by atoms with Crippen molar-refractivity contribution >= 4 is 20.2 Å². The first-order valence-corrected chi connectivity index (χ1v) is 4.57. The maximum atomic E-state index is 9.68. The first-order chi connectivity index (χ1) is 4.21. The molecule has 0 rings (SSSR count). The summed E-state index contributed by atoms with van der Waals surface area (Å²) in [7, 11) is -9.32. The average molecular weight is 186 g/mol. The Balaban J connectivity index is 4.87. The first-order valence-electron chi connectivity index (χ1n) is 1.69. The maximum Gasteiger partial charge on any atom is 0.336 e. The van der Waals surface area contributed by atoms with Crippen molar-refractivity contribution < 1.29 is 25.9 Å². The molecule has 2 N–H and O–H groups in total. The molecule has 10 heavy (non-hydrogen) atoms. The van der Waals surface area contributed by atoms with Gasteiger partial charge in [-0.15, -0.1) is 0 Å². The van der Waals surface area contributed by atoms with Gasteiger partial charge in [0.1, 0.15) is 0 Å². The highest BCUT2D eigenvalue weighted by Crippen LogP contribution is 1.79. The van der Waals surface area contributed by atoms with Gasteiger partial charge in [0, 0.05) is 0 Å². The third kappa shape index (κ3) is 7.38. The van der Waals surface area contributed by atoms with Gasteiger partial charge in [-0.25, -0.2) is 0 Å². The Bertz CT molecular complexity index is 324. The molecular weight excluding hydrogens is 184 g/mol. The molecule has 0 aliphatic carbocycles. The van der Waals surface area contributed by atoms with E-state index in [-0.39, 0.29) is 0 Å². The largest absolute Gasteiger partial charge is 0.336 e. The van der Waals surface area contributed by atoms with Gasteiger partial charge in [0.15, 0.2) is 0 Å². The van der Waals surface area contributed by atoms with Crippen molar-refractivity contribution in [1.29, 1.82) is 0 Å². The lowest BCUT2D eigenvalue weighted by Gasteiger charge is -1.76. The molecule has 0 aromatic heterocycles. The number of rotatable bonds is 0. The fourth-order valence-corrected chi connectivity index (χ4v) is 0.948. The zero-order valence-electron chi connectivity index (χ0n) is 4.34. The van der Waals surface area contributed by atoms with E-state index >= 15 is 0 Å². The van der Waals surface area contributed by atoms with Crippen LogP contribution in [-0.2, 0) is 20.2 Å². The molecule has 0 aliphatic rings. The van der Waals surface area contributed by atoms with E-state index < -0.39 is 20.2 Å². The predicted octanol–water partition coefficient (Wildman–Crippen LogP) is -1.32. The van der Waals surface area contributed by atoms with E-state index in [0.29, 0.717) is 0 Å². The normalized spacial score (nSPS) is 11.8. The van der Waals surface area contributed by atoms with Gasteiger partial charge in [-0.3, -0.25) is 9.11 Å². The standard InChI is InChI=1S/C2H2O6S2/c3-9(4,5)1-2-10(6,7)8/h(H,3,4,5)(H,6,7,8). The van der Waals surface area contributed by atoms with Crippen LogP contribution in [-0.4, -0.2) is 25.9 Å². The highest BCUT2D eigenvalue weighted by atomic mass is 32.2. The molecule has 0 aromatic carbocycles. The van der Waals surface area contributed by atoms with Crippen LogP contribution in [0.4, 0.5) is 0 Å². The Morgan fingerprint density at radius 3 is 1.10 bits per heavy atom. The van der Waals surface area contributed by atoms with Crippen LogP contribution < -0.4 is 0 Å². The van der Waals surface area contributed by atoms with Gasteiger partial charge < -0.3 is 0 Å². The summed E-state index contributed by atoms with van der Waals surface area (Å²) in [4.78, 5) is 0. The van der Waals surface area contributed by atoms with Crippen LogP contribution in [0.5, 0.6) is 0 Å². The Labute approximate surface area is 57.4 Å². The summed E-state index contributed by atoms with van der Waals surface area (Å²) in [5.41, 5.74) is 0. The Kier molecular flexibility index (Phi) is 2.39. The molecule has 0 aliphatic heterocycles. The van der Waals surface area contributed by atoms with E-state index in [2.05, 4.69) is 0 Å². The summed E-state index contributed by atoms with van der Waals surface area (Å²) in [6.45, 7) is 0. The van der Waals surface area contributed by atoms with Crippen LogP contribution in [0.15, 0.2) is 0 Å². The molecule has 0 heterocycles. The van der Waals surface area contributed by atoms with Crippen molar-refractivity contribution in [3.05, 3.63) is 0 Å². The number of hydrogen-bond acceptors (Lipinski definition) is 4. The molecule has 0 saturated carbocycles. The summed E-state index contributed by atoms with van der Waals surface area (Å²) in [5, 5.41) is 1.80. The summed E-state index contributed by atoms with van der Waals surface area (Å²) in [6.07, 6.45) is 0. The summed E-state index contributed by atoms with van der Waals surface area (Å²) >= 11 is 0. The molecule has 0 amide bonds. The van der Waals surface area contributed by atoms with Crippen molar-refractivity contribution in [3.63, 3.8) is 0 Å². The molecule has 0 unspecified atom stereocenters. The molecule has 58 valence electrons. The summed E-state index contributed by atoms with van der Waals surface area (Å²) in [6, 6.07) is 0. The minimum absolute atomic E-state index is 0.902. The molecule has 0 radical (unpaired) electrons. The van der Waals surface area contributed by atoms with Crippen LogP contribution in [0.25, 0.3) is 0 Å². The molecule has 0 fully saturated rings. The van der Waals surface area contributed by atoms with Crippen molar-refractivity contribution in [2.24, 2.45) is 0 Å². The fraction of sp³-hybridized carbons (Fsp3) is 0. The topological polar surface area (TPSA) is 109 Å². The smallest absolute Gasteiger partial charge is 0.276 e. The number of hydrogen-bond donors (Lipinski definition) is 2. The Morgan fingerprint density at radius 1 is 0.800 bits per heavy atom. The van der Waals surface area contributed by atoms with Crippen molar-refractivity contribution in [2.75, 3.05) is 0 Å². The van der Waals surface area contributed by atoms with Gasteiger partial charge in [-0.2, -0.15) is 16.8 Å². The fourth-order valence-electron chi connectivity index (χ4n) is 0.105. The maximum absolute atomic E-state index is 9.68. The molecule has 6 nitrogen and oxygen atoms in total. The second kappa shape index (κ2) is 2.55. The van der Waals surface area contributed by atoms with E-state index in [9.17, 15) is 16.8 Å². The molecular formula is C2H2O6S2. The monoisotopic (exact) mass is 186 g/mol. The quantitative estimate of drug-likeness (QED) is 0.358. The van der Waals surface area contributed by atoms with E-state index in [0.717, 1.165) is 10.5 Å². The van der Waals surface area contributed by atoms with Crippen LogP contribution >= 0.6 is 0 Å². The van der Waals surface area contributed by atoms with Crippen LogP contribution in [0.1, 0.15) is 0 Å². The van der Waals surface area contributed by atoms with Gasteiger partial charge >= 0.3 is 20.2 Å². The summed E-state index contributed by atoms with van der Waals surface area (Å²) in [5.74, 6) is 0. The second-order valence-corrected chi connectivity index (χ2v) is 3.46. The van der Waals surface area contributed by atoms with Gasteiger partial charge in [-0.05, 0) is 0 Å². The van der Waals surface area contributed by atoms with Crippen molar-refractivity contribution in [3.8, 4) is 10.5 Å². The third-order valence-electron chi connectivity index (χ3n) is 0.300. The lowest BCUT2D eigenvalue weighted by atomic mass is 11.4. The SMILES string of the molecule is O=S(=O)(O)C#CS(=O)(=O)O. The average Bonchev–Trinajstić information content (AvgIpc) is 1.57. The zero-order valence-corrected chi connectivity index (χ0v) is 5.98. The second-order valence-electron chi connectivity index (χ2n) is 1.15. The lowest BCUT2D eigenvalue weighted by Crippen LogP contribution is -1.95. The molecule has 0 atom stereocenters. The van der Waals surface area contributed by atoms with E-state index in [1.165, 1.54) is 0 Å². The third-order valence-corrected chi connectivity index (χ3v) is 1.15.